The summed E-state index contributed by atoms with van der Waals surface area (Å²) in [5, 5.41) is 21.8. The monoisotopic (exact) mass is 563 g/mol. The standard InChI is InChI=1S/C30H27FNO5PS/c31-22-11-6-20(7-12-22)27(33)17-16-26-29(32(30(26)39)23-4-2-1-3-5-23)25-15-10-21(18-28(25)34)19-8-13-24(14-9-19)38(35,36)37/h1-15,18,26-27,29,33-34H,16-17H2,(H2,35,36,37). The van der Waals surface area contributed by atoms with Gasteiger partial charge in [-0.2, -0.15) is 0 Å². The molecule has 3 atom stereocenters. The number of phenols is 1. The van der Waals surface area contributed by atoms with Crippen LogP contribution < -0.4 is 10.2 Å². The average molecular weight is 564 g/mol. The number of phenolic OH excluding ortho intramolecular Hbond substituents is 1. The van der Waals surface area contributed by atoms with E-state index in [0.717, 1.165) is 5.69 Å². The van der Waals surface area contributed by atoms with Crippen molar-refractivity contribution in [3.63, 3.8) is 0 Å². The third-order valence-electron chi connectivity index (χ3n) is 7.14. The Morgan fingerprint density at radius 2 is 1.54 bits per heavy atom. The Balaban J connectivity index is 1.42. The molecule has 4 N–H and O–H groups in total. The maximum Gasteiger partial charge on any atom is 0.356 e. The first-order chi connectivity index (χ1) is 18.6. The van der Waals surface area contributed by atoms with E-state index in [1.54, 1.807) is 30.3 Å². The lowest BCUT2D eigenvalue weighted by Crippen LogP contribution is -2.54. The Bertz CT molecular complexity index is 1530. The summed E-state index contributed by atoms with van der Waals surface area (Å²) in [5.41, 5.74) is 3.63. The second kappa shape index (κ2) is 11.0. The van der Waals surface area contributed by atoms with E-state index in [1.807, 2.05) is 47.4 Å². The van der Waals surface area contributed by atoms with Crippen molar-refractivity contribution in [3.05, 3.63) is 114 Å². The van der Waals surface area contributed by atoms with Crippen molar-refractivity contribution in [3.8, 4) is 16.9 Å². The molecule has 6 nitrogen and oxygen atoms in total. The Kier molecular flexibility index (Phi) is 7.67. The van der Waals surface area contributed by atoms with E-state index in [-0.39, 0.29) is 28.8 Å². The van der Waals surface area contributed by atoms with Crippen LogP contribution in [0.1, 0.15) is 36.1 Å². The highest BCUT2D eigenvalue weighted by molar-refractivity contribution is 7.80. The summed E-state index contributed by atoms with van der Waals surface area (Å²) in [7, 11) is -4.34. The number of anilines is 1. The quantitative estimate of drug-likeness (QED) is 0.154. The van der Waals surface area contributed by atoms with Gasteiger partial charge < -0.3 is 24.9 Å². The van der Waals surface area contributed by atoms with Crippen LogP contribution in [0.4, 0.5) is 10.1 Å². The SMILES string of the molecule is O=P(O)(O)c1ccc(-c2ccc(C3C(CCC(O)c4ccc(F)cc4)C(=S)N3c3ccccc3)c(O)c2)cc1. The zero-order valence-corrected chi connectivity index (χ0v) is 22.5. The molecule has 1 fully saturated rings. The third kappa shape index (κ3) is 5.66. The lowest BCUT2D eigenvalue weighted by Gasteiger charge is -2.50. The van der Waals surface area contributed by atoms with E-state index in [1.165, 1.54) is 24.3 Å². The molecule has 0 aromatic heterocycles. The Morgan fingerprint density at radius 1 is 0.897 bits per heavy atom. The average Bonchev–Trinajstić information content (AvgIpc) is 2.92. The van der Waals surface area contributed by atoms with Gasteiger partial charge in [0, 0.05) is 17.2 Å². The van der Waals surface area contributed by atoms with Crippen molar-refractivity contribution < 1.29 is 29.0 Å². The fourth-order valence-electron chi connectivity index (χ4n) is 5.07. The molecule has 0 radical (unpaired) electrons. The highest BCUT2D eigenvalue weighted by Gasteiger charge is 2.46. The molecule has 0 saturated carbocycles. The fraction of sp³-hybridized carbons (Fsp3) is 0.167. The molecule has 3 unspecified atom stereocenters. The maximum atomic E-state index is 13.3. The summed E-state index contributed by atoms with van der Waals surface area (Å²) < 4.78 is 24.8. The fourth-order valence-corrected chi connectivity index (χ4v) is 6.08. The predicted molar refractivity (Wildman–Crippen MR) is 154 cm³/mol. The molecule has 4 aromatic rings. The zero-order chi connectivity index (χ0) is 27.7. The molecule has 4 aromatic carbocycles. The number of aromatic hydroxyl groups is 1. The first-order valence-corrected chi connectivity index (χ1v) is 14.5. The van der Waals surface area contributed by atoms with Gasteiger partial charge in [0.15, 0.2) is 0 Å². The summed E-state index contributed by atoms with van der Waals surface area (Å²) in [5.74, 6) is -0.403. The van der Waals surface area contributed by atoms with Crippen LogP contribution in [0.2, 0.25) is 0 Å². The molecule has 9 heteroatoms. The molecule has 0 spiro atoms. The molecule has 5 rings (SSSR count). The third-order valence-corrected chi connectivity index (χ3v) is 8.61. The summed E-state index contributed by atoms with van der Waals surface area (Å²) in [4.78, 5) is 21.5. The van der Waals surface area contributed by atoms with Crippen LogP contribution in [0.5, 0.6) is 5.75 Å². The van der Waals surface area contributed by atoms with Crippen LogP contribution in [0, 0.1) is 11.7 Å². The number of aliphatic hydroxyl groups is 1. The smallest absolute Gasteiger partial charge is 0.356 e. The second-order valence-corrected chi connectivity index (χ2v) is 11.6. The van der Waals surface area contributed by atoms with Crippen LogP contribution in [0.15, 0.2) is 97.1 Å². The van der Waals surface area contributed by atoms with Crippen molar-refractivity contribution in [1.82, 2.24) is 0 Å². The van der Waals surface area contributed by atoms with Crippen LogP contribution in [0.25, 0.3) is 11.1 Å². The van der Waals surface area contributed by atoms with E-state index in [2.05, 4.69) is 0 Å². The molecule has 1 aliphatic heterocycles. The van der Waals surface area contributed by atoms with Crippen molar-refractivity contribution in [2.45, 2.75) is 25.0 Å². The molecule has 1 aliphatic rings. The molecule has 0 aliphatic carbocycles. The lowest BCUT2D eigenvalue weighted by atomic mass is 9.78. The van der Waals surface area contributed by atoms with Gasteiger partial charge in [-0.15, -0.1) is 0 Å². The van der Waals surface area contributed by atoms with Crippen LogP contribution in [0.3, 0.4) is 0 Å². The van der Waals surface area contributed by atoms with Gasteiger partial charge in [0.05, 0.1) is 22.4 Å². The van der Waals surface area contributed by atoms with Gasteiger partial charge in [0.25, 0.3) is 0 Å². The van der Waals surface area contributed by atoms with E-state index in [4.69, 9.17) is 12.2 Å². The molecule has 0 amide bonds. The van der Waals surface area contributed by atoms with Gasteiger partial charge in [-0.05, 0) is 72.0 Å². The van der Waals surface area contributed by atoms with Crippen molar-refractivity contribution in [2.24, 2.45) is 5.92 Å². The van der Waals surface area contributed by atoms with Gasteiger partial charge in [0.1, 0.15) is 11.6 Å². The normalized spacial score (nSPS) is 18.1. The van der Waals surface area contributed by atoms with E-state index >= 15 is 0 Å². The van der Waals surface area contributed by atoms with E-state index in [9.17, 15) is 29.0 Å². The van der Waals surface area contributed by atoms with E-state index < -0.39 is 13.7 Å². The summed E-state index contributed by atoms with van der Waals surface area (Å²) in [6.45, 7) is 0. The topological polar surface area (TPSA) is 101 Å². The minimum absolute atomic E-state index is 0.0701. The van der Waals surface area contributed by atoms with Gasteiger partial charge in [-0.25, -0.2) is 4.39 Å². The summed E-state index contributed by atoms with van der Waals surface area (Å²) >= 11 is 5.81. The van der Waals surface area contributed by atoms with Crippen molar-refractivity contribution in [1.29, 1.82) is 0 Å². The minimum Gasteiger partial charge on any atom is -0.508 e. The molecule has 200 valence electrons. The van der Waals surface area contributed by atoms with Gasteiger partial charge >= 0.3 is 7.60 Å². The van der Waals surface area contributed by atoms with Crippen LogP contribution in [-0.2, 0) is 4.57 Å². The highest BCUT2D eigenvalue weighted by atomic mass is 32.1. The highest BCUT2D eigenvalue weighted by Crippen LogP contribution is 2.49. The number of hydrogen-bond donors (Lipinski definition) is 4. The largest absolute Gasteiger partial charge is 0.508 e. The second-order valence-electron chi connectivity index (χ2n) is 9.60. The molecular weight excluding hydrogens is 536 g/mol. The van der Waals surface area contributed by atoms with Gasteiger partial charge in [-0.3, -0.25) is 4.57 Å². The Morgan fingerprint density at radius 3 is 2.15 bits per heavy atom. The summed E-state index contributed by atoms with van der Waals surface area (Å²) in [6.07, 6.45) is 0.212. The molecular formula is C30H27FNO5PS. The van der Waals surface area contributed by atoms with Crippen molar-refractivity contribution >= 4 is 35.8 Å². The molecule has 39 heavy (non-hydrogen) atoms. The Labute approximate surface area is 231 Å². The van der Waals surface area contributed by atoms with Gasteiger partial charge in [0.2, 0.25) is 0 Å². The van der Waals surface area contributed by atoms with Crippen LogP contribution in [-0.4, -0.2) is 25.0 Å². The van der Waals surface area contributed by atoms with E-state index in [0.29, 0.717) is 40.1 Å². The minimum atomic E-state index is -4.34. The first-order valence-electron chi connectivity index (χ1n) is 12.4. The number of rotatable bonds is 8. The predicted octanol–water partition coefficient (Wildman–Crippen LogP) is 6.02. The number of benzene rings is 4. The van der Waals surface area contributed by atoms with Crippen molar-refractivity contribution in [2.75, 3.05) is 4.90 Å². The summed E-state index contributed by atoms with van der Waals surface area (Å²) in [6, 6.07) is 26.5. The molecule has 1 heterocycles. The zero-order valence-electron chi connectivity index (χ0n) is 20.8. The van der Waals surface area contributed by atoms with Crippen LogP contribution >= 0.6 is 19.8 Å². The molecule has 1 saturated heterocycles. The first kappa shape index (κ1) is 27.2. The Hall–Kier alpha value is -3.39. The maximum absolute atomic E-state index is 13.3. The number of aliphatic hydroxyl groups excluding tert-OH is 1. The number of nitrogens with zero attached hydrogens (tertiary/aromatic N) is 1. The number of para-hydroxylation sites is 1. The lowest BCUT2D eigenvalue weighted by molar-refractivity contribution is 0.157. The molecule has 0 bridgehead atoms. The number of hydrogen-bond acceptors (Lipinski definition) is 4. The number of halogens is 1. The van der Waals surface area contributed by atoms with Gasteiger partial charge in [-0.1, -0.05) is 66.8 Å². The number of thiocarbonyl (C=S) groups is 1.